The third-order valence-corrected chi connectivity index (χ3v) is 2.72. The van der Waals surface area contributed by atoms with Gasteiger partial charge < -0.3 is 14.9 Å². The fourth-order valence-electron chi connectivity index (χ4n) is 1.72. The van der Waals surface area contributed by atoms with Crippen molar-refractivity contribution in [2.45, 2.75) is 45.9 Å². The molecule has 0 aliphatic rings. The first-order valence-corrected chi connectivity index (χ1v) is 6.07. The highest BCUT2D eigenvalue weighted by Crippen LogP contribution is 2.21. The highest BCUT2D eigenvalue weighted by atomic mass is 16.5. The number of esters is 1. The van der Waals surface area contributed by atoms with Crippen molar-refractivity contribution in [3.05, 3.63) is 17.5 Å². The van der Waals surface area contributed by atoms with E-state index in [0.29, 0.717) is 5.56 Å². The molecule has 0 amide bonds. The average molecular weight is 256 g/mol. The fraction of sp³-hybridized carbons (Fsp3) is 0.667. The predicted molar refractivity (Wildman–Crippen MR) is 64.9 cm³/mol. The van der Waals surface area contributed by atoms with E-state index in [9.17, 15) is 15.0 Å². The van der Waals surface area contributed by atoms with Crippen LogP contribution in [0.1, 0.15) is 37.6 Å². The lowest BCUT2D eigenvalue weighted by atomic mass is 10.1. The molecule has 0 bridgehead atoms. The van der Waals surface area contributed by atoms with Crippen LogP contribution >= 0.6 is 0 Å². The number of aliphatic hydroxyl groups excluding tert-OH is 2. The summed E-state index contributed by atoms with van der Waals surface area (Å²) in [5, 5.41) is 23.7. The highest BCUT2D eigenvalue weighted by molar-refractivity contribution is 5.75. The van der Waals surface area contributed by atoms with Gasteiger partial charge in [0.2, 0.25) is 0 Å². The molecule has 1 heterocycles. The molecule has 2 atom stereocenters. The molecule has 0 aliphatic carbocycles. The summed E-state index contributed by atoms with van der Waals surface area (Å²) in [7, 11) is 0. The molecular formula is C12H20N2O4. The molecule has 1 rings (SSSR count). The summed E-state index contributed by atoms with van der Waals surface area (Å²) in [6, 6.07) is 0. The minimum Gasteiger partial charge on any atom is -0.464 e. The number of carbonyl (C=O) groups excluding carboxylic acids is 1. The molecule has 2 N–H and O–H groups in total. The van der Waals surface area contributed by atoms with Crippen LogP contribution in [0.25, 0.3) is 0 Å². The predicted octanol–water partition coefficient (Wildman–Crippen LogP) is 0.559. The molecule has 102 valence electrons. The molecule has 0 aliphatic heterocycles. The van der Waals surface area contributed by atoms with E-state index in [1.165, 1.54) is 6.20 Å². The Morgan fingerprint density at radius 3 is 2.72 bits per heavy atom. The molecule has 6 heteroatoms. The zero-order valence-electron chi connectivity index (χ0n) is 11.0. The summed E-state index contributed by atoms with van der Waals surface area (Å²) >= 11 is 0. The van der Waals surface area contributed by atoms with Crippen LogP contribution in [-0.4, -0.2) is 38.7 Å². The Morgan fingerprint density at radius 1 is 1.50 bits per heavy atom. The van der Waals surface area contributed by atoms with Gasteiger partial charge in [-0.15, -0.1) is 0 Å². The summed E-state index contributed by atoms with van der Waals surface area (Å²) in [6.45, 7) is 6.34. The molecule has 2 unspecified atom stereocenters. The Bertz CT molecular complexity index is 403. The maximum atomic E-state index is 11.3. The van der Waals surface area contributed by atoms with Crippen LogP contribution in [0.4, 0.5) is 0 Å². The van der Waals surface area contributed by atoms with Crippen LogP contribution in [-0.2, 0) is 16.1 Å². The monoisotopic (exact) mass is 256 g/mol. The summed E-state index contributed by atoms with van der Waals surface area (Å²) in [6.07, 6.45) is -0.506. The van der Waals surface area contributed by atoms with Crippen molar-refractivity contribution in [1.29, 1.82) is 0 Å². The number of aliphatic hydroxyl groups is 2. The van der Waals surface area contributed by atoms with Gasteiger partial charge in [0.1, 0.15) is 6.10 Å². The molecular weight excluding hydrogens is 236 g/mol. The Balaban J connectivity index is 2.83. The zero-order valence-corrected chi connectivity index (χ0v) is 11.0. The molecule has 0 aromatic carbocycles. The molecule has 0 saturated carbocycles. The lowest BCUT2D eigenvalue weighted by molar-refractivity contribution is -0.159. The number of hydrogen-bond acceptors (Lipinski definition) is 5. The number of ether oxygens (including phenoxy) is 1. The molecule has 1 aromatic rings. The van der Waals surface area contributed by atoms with Crippen LogP contribution in [0, 0.1) is 6.92 Å². The second-order valence-corrected chi connectivity index (χ2v) is 4.05. The number of rotatable bonds is 6. The zero-order chi connectivity index (χ0) is 13.7. The van der Waals surface area contributed by atoms with Crippen molar-refractivity contribution in [3.8, 4) is 0 Å². The van der Waals surface area contributed by atoms with Gasteiger partial charge in [0.25, 0.3) is 0 Å². The normalized spacial score (nSPS) is 14.3. The van der Waals surface area contributed by atoms with Gasteiger partial charge in [-0.2, -0.15) is 5.10 Å². The minimum atomic E-state index is -1.58. The topological polar surface area (TPSA) is 84.6 Å². The summed E-state index contributed by atoms with van der Waals surface area (Å²) < 4.78 is 6.40. The van der Waals surface area contributed by atoms with E-state index in [1.54, 1.807) is 18.5 Å². The van der Waals surface area contributed by atoms with Gasteiger partial charge in [-0.1, -0.05) is 6.92 Å². The quantitative estimate of drug-likeness (QED) is 0.726. The lowest BCUT2D eigenvalue weighted by Crippen LogP contribution is -2.30. The fourth-order valence-corrected chi connectivity index (χ4v) is 1.72. The van der Waals surface area contributed by atoms with Crippen LogP contribution in [0.15, 0.2) is 6.20 Å². The van der Waals surface area contributed by atoms with Gasteiger partial charge in [-0.05, 0) is 20.3 Å². The molecule has 1 aromatic heterocycles. The highest BCUT2D eigenvalue weighted by Gasteiger charge is 2.29. The first-order chi connectivity index (χ1) is 8.52. The average Bonchev–Trinajstić information content (AvgIpc) is 2.70. The Morgan fingerprint density at radius 2 is 2.17 bits per heavy atom. The van der Waals surface area contributed by atoms with Crippen molar-refractivity contribution in [1.82, 2.24) is 9.78 Å². The number of nitrogens with zero attached hydrogens (tertiary/aromatic N) is 2. The first kappa shape index (κ1) is 14.7. The minimum absolute atomic E-state index is 0.163. The third kappa shape index (κ3) is 3.08. The van der Waals surface area contributed by atoms with Crippen LogP contribution in [0.3, 0.4) is 0 Å². The third-order valence-electron chi connectivity index (χ3n) is 2.72. The van der Waals surface area contributed by atoms with Gasteiger partial charge in [0.15, 0.2) is 6.10 Å². The van der Waals surface area contributed by atoms with Crippen LogP contribution in [0.2, 0.25) is 0 Å². The van der Waals surface area contributed by atoms with Crippen molar-refractivity contribution in [2.75, 3.05) is 6.61 Å². The Hall–Kier alpha value is -1.40. The molecule has 6 nitrogen and oxygen atoms in total. The molecule has 18 heavy (non-hydrogen) atoms. The number of aromatic nitrogens is 2. The largest absolute Gasteiger partial charge is 0.464 e. The van der Waals surface area contributed by atoms with Gasteiger partial charge in [-0.3, -0.25) is 4.68 Å². The van der Waals surface area contributed by atoms with Gasteiger partial charge in [0.05, 0.1) is 12.8 Å². The van der Waals surface area contributed by atoms with Gasteiger partial charge >= 0.3 is 5.97 Å². The lowest BCUT2D eigenvalue weighted by Gasteiger charge is -2.16. The van der Waals surface area contributed by atoms with E-state index >= 15 is 0 Å². The van der Waals surface area contributed by atoms with Crippen molar-refractivity contribution >= 4 is 5.97 Å². The maximum absolute atomic E-state index is 11.3. The SMILES string of the molecule is CCCn1ncc(C(O)C(O)C(=O)OCC)c1C. The molecule has 0 fully saturated rings. The standard InChI is InChI=1S/C12H20N2O4/c1-4-6-14-8(3)9(7-13-14)10(15)11(16)12(17)18-5-2/h7,10-11,15-16H,4-6H2,1-3H3. The van der Waals surface area contributed by atoms with Crippen LogP contribution in [0.5, 0.6) is 0 Å². The van der Waals surface area contributed by atoms with Gasteiger partial charge in [0, 0.05) is 17.8 Å². The molecule has 0 saturated heterocycles. The van der Waals surface area contributed by atoms with Crippen molar-refractivity contribution in [2.24, 2.45) is 0 Å². The van der Waals surface area contributed by atoms with Gasteiger partial charge in [-0.25, -0.2) is 4.79 Å². The van der Waals surface area contributed by atoms with Crippen molar-refractivity contribution in [3.63, 3.8) is 0 Å². The number of carbonyl (C=O) groups is 1. The van der Waals surface area contributed by atoms with E-state index in [1.807, 2.05) is 6.92 Å². The van der Waals surface area contributed by atoms with E-state index in [4.69, 9.17) is 0 Å². The van der Waals surface area contributed by atoms with E-state index in [-0.39, 0.29) is 6.61 Å². The van der Waals surface area contributed by atoms with E-state index < -0.39 is 18.2 Å². The smallest absolute Gasteiger partial charge is 0.338 e. The second kappa shape index (κ2) is 6.51. The Labute approximate surface area is 106 Å². The summed E-state index contributed by atoms with van der Waals surface area (Å²) in [5.74, 6) is -0.826. The number of hydrogen-bond donors (Lipinski definition) is 2. The van der Waals surface area contributed by atoms with E-state index in [2.05, 4.69) is 9.84 Å². The van der Waals surface area contributed by atoms with Crippen LogP contribution < -0.4 is 0 Å². The Kier molecular flexibility index (Phi) is 5.30. The van der Waals surface area contributed by atoms with E-state index in [0.717, 1.165) is 18.7 Å². The second-order valence-electron chi connectivity index (χ2n) is 4.05. The molecule has 0 radical (unpaired) electrons. The summed E-state index contributed by atoms with van der Waals surface area (Å²) in [4.78, 5) is 11.3. The van der Waals surface area contributed by atoms with Crippen molar-refractivity contribution < 1.29 is 19.7 Å². The first-order valence-electron chi connectivity index (χ1n) is 6.07. The number of aryl methyl sites for hydroxylation is 1. The summed E-state index contributed by atoms with van der Waals surface area (Å²) in [5.41, 5.74) is 1.19. The maximum Gasteiger partial charge on any atom is 0.338 e. The molecule has 0 spiro atoms.